The van der Waals surface area contributed by atoms with Gasteiger partial charge in [0.25, 0.3) is 5.91 Å². The number of methoxy groups -OCH3 is 1. The number of hydrogen-bond acceptors (Lipinski definition) is 6. The second-order valence-corrected chi connectivity index (χ2v) is 10.4. The smallest absolute Gasteiger partial charge is 0.253 e. The lowest BCUT2D eigenvalue weighted by Crippen LogP contribution is -2.50. The predicted octanol–water partition coefficient (Wildman–Crippen LogP) is 0.816. The molecular weight excluding hydrogens is 456 g/mol. The van der Waals surface area contributed by atoms with Crippen molar-refractivity contribution in [1.82, 2.24) is 19.4 Å². The van der Waals surface area contributed by atoms with Gasteiger partial charge in [0, 0.05) is 51.4 Å². The summed E-state index contributed by atoms with van der Waals surface area (Å²) in [5.74, 6) is 0.337. The number of amides is 2. The molecule has 1 N–H and O–H groups in total. The maximum atomic E-state index is 13.1. The van der Waals surface area contributed by atoms with Crippen LogP contribution < -0.4 is 10.1 Å². The van der Waals surface area contributed by atoms with Gasteiger partial charge in [0.15, 0.2) is 0 Å². The lowest BCUT2D eigenvalue weighted by Gasteiger charge is -2.35. The Bertz CT molecular complexity index is 1130. The molecule has 0 aliphatic carbocycles. The number of benzene rings is 2. The first-order valence-electron chi connectivity index (χ1n) is 11.4. The van der Waals surface area contributed by atoms with Crippen molar-refractivity contribution in [3.63, 3.8) is 0 Å². The van der Waals surface area contributed by atoms with E-state index in [4.69, 9.17) is 4.74 Å². The molecular formula is C24H30N4O5S. The molecule has 2 aliphatic heterocycles. The third-order valence-corrected chi connectivity index (χ3v) is 8.10. The van der Waals surface area contributed by atoms with E-state index in [1.54, 1.807) is 24.1 Å². The lowest BCUT2D eigenvalue weighted by atomic mass is 10.1. The van der Waals surface area contributed by atoms with Crippen LogP contribution >= 0.6 is 0 Å². The van der Waals surface area contributed by atoms with Crippen LogP contribution in [0.15, 0.2) is 53.4 Å². The molecule has 4 rings (SSSR count). The molecule has 2 heterocycles. The Kier molecular flexibility index (Phi) is 7.50. The zero-order valence-electron chi connectivity index (χ0n) is 19.3. The summed E-state index contributed by atoms with van der Waals surface area (Å²) in [6.07, 6.45) is 0.923. The van der Waals surface area contributed by atoms with Gasteiger partial charge in [-0.3, -0.25) is 14.5 Å². The van der Waals surface area contributed by atoms with Gasteiger partial charge in [0.05, 0.1) is 18.6 Å². The molecule has 34 heavy (non-hydrogen) atoms. The Balaban J connectivity index is 1.33. The first-order valence-corrected chi connectivity index (χ1v) is 12.8. The van der Waals surface area contributed by atoms with E-state index in [0.717, 1.165) is 36.1 Å². The minimum absolute atomic E-state index is 0.0335. The molecule has 2 aliphatic rings. The highest BCUT2D eigenvalue weighted by molar-refractivity contribution is 7.89. The molecule has 10 heteroatoms. The Hall–Kier alpha value is -2.95. The van der Waals surface area contributed by atoms with Gasteiger partial charge in [-0.1, -0.05) is 18.2 Å². The number of sulfonamides is 1. The fraction of sp³-hybridized carbons (Fsp3) is 0.417. The summed E-state index contributed by atoms with van der Waals surface area (Å²) in [6.45, 7) is 3.90. The highest BCUT2D eigenvalue weighted by atomic mass is 32.2. The van der Waals surface area contributed by atoms with Gasteiger partial charge < -0.3 is 15.0 Å². The summed E-state index contributed by atoms with van der Waals surface area (Å²) in [5, 5.41) is 2.62. The number of hydrogen-bond donors (Lipinski definition) is 1. The highest BCUT2D eigenvalue weighted by Crippen LogP contribution is 2.19. The summed E-state index contributed by atoms with van der Waals surface area (Å²) in [6, 6.07) is 14.2. The topological polar surface area (TPSA) is 99.3 Å². The van der Waals surface area contributed by atoms with Crippen LogP contribution in [0, 0.1) is 0 Å². The number of carbonyl (C=O) groups excluding carboxylic acids is 2. The van der Waals surface area contributed by atoms with Gasteiger partial charge in [-0.05, 0) is 42.3 Å². The molecule has 2 saturated heterocycles. The third kappa shape index (κ3) is 5.57. The first-order chi connectivity index (χ1) is 16.4. The molecule has 182 valence electrons. The van der Waals surface area contributed by atoms with Crippen molar-refractivity contribution < 1.29 is 22.7 Å². The van der Waals surface area contributed by atoms with Crippen LogP contribution in [0.25, 0.3) is 0 Å². The lowest BCUT2D eigenvalue weighted by molar-refractivity contribution is -0.122. The normalized spacial score (nSPS) is 17.9. The van der Waals surface area contributed by atoms with Crippen molar-refractivity contribution in [2.45, 2.75) is 11.3 Å². The number of ether oxygens (including phenoxy) is 1. The molecule has 0 atom stereocenters. The minimum Gasteiger partial charge on any atom is -0.497 e. The summed E-state index contributed by atoms with van der Waals surface area (Å²) in [5.41, 5.74) is 1.58. The minimum atomic E-state index is -3.84. The summed E-state index contributed by atoms with van der Waals surface area (Å²) in [7, 11) is -2.19. The first kappa shape index (κ1) is 24.2. The van der Waals surface area contributed by atoms with E-state index in [2.05, 4.69) is 22.3 Å². The van der Waals surface area contributed by atoms with Gasteiger partial charge in [0.2, 0.25) is 15.9 Å². The molecule has 2 fully saturated rings. The molecule has 2 aromatic carbocycles. The molecule has 0 aromatic heterocycles. The Labute approximate surface area is 200 Å². The Morgan fingerprint density at radius 3 is 2.44 bits per heavy atom. The molecule has 2 amide bonds. The fourth-order valence-corrected chi connectivity index (χ4v) is 5.64. The standard InChI is InChI=1S/C24H30N4O5S/c1-33-21-7-5-19(6-8-21)9-11-26-13-15-27(16-14-26)24(30)20-3-2-4-22(17-20)34(31,32)28-12-10-25-23(29)18-28/h2-8,17H,9-16,18H2,1H3,(H,25,29). The van der Waals surface area contributed by atoms with Crippen molar-refractivity contribution in [2.75, 3.05) is 59.5 Å². The predicted molar refractivity (Wildman–Crippen MR) is 127 cm³/mol. The largest absolute Gasteiger partial charge is 0.497 e. The number of carbonyl (C=O) groups is 2. The fourth-order valence-electron chi connectivity index (χ4n) is 4.20. The Morgan fingerprint density at radius 2 is 1.76 bits per heavy atom. The summed E-state index contributed by atoms with van der Waals surface area (Å²) < 4.78 is 32.3. The molecule has 0 unspecified atom stereocenters. The van der Waals surface area contributed by atoms with Crippen LogP contribution in [-0.2, 0) is 21.2 Å². The van der Waals surface area contributed by atoms with Crippen LogP contribution in [0.2, 0.25) is 0 Å². The van der Waals surface area contributed by atoms with E-state index < -0.39 is 10.0 Å². The molecule has 0 radical (unpaired) electrons. The zero-order valence-corrected chi connectivity index (χ0v) is 20.1. The summed E-state index contributed by atoms with van der Waals surface area (Å²) >= 11 is 0. The highest BCUT2D eigenvalue weighted by Gasteiger charge is 2.30. The number of piperazine rings is 2. The number of rotatable bonds is 7. The molecule has 2 aromatic rings. The van der Waals surface area contributed by atoms with E-state index >= 15 is 0 Å². The van der Waals surface area contributed by atoms with Crippen molar-refractivity contribution in [1.29, 1.82) is 0 Å². The molecule has 9 nitrogen and oxygen atoms in total. The van der Waals surface area contributed by atoms with Crippen molar-refractivity contribution in [3.05, 3.63) is 59.7 Å². The molecule has 0 saturated carbocycles. The van der Waals surface area contributed by atoms with Gasteiger partial charge in [-0.25, -0.2) is 8.42 Å². The van der Waals surface area contributed by atoms with Gasteiger partial charge in [0.1, 0.15) is 5.75 Å². The monoisotopic (exact) mass is 486 g/mol. The van der Waals surface area contributed by atoms with Crippen molar-refractivity contribution in [3.8, 4) is 5.75 Å². The van der Waals surface area contributed by atoms with Crippen LogP contribution in [0.1, 0.15) is 15.9 Å². The van der Waals surface area contributed by atoms with Crippen molar-refractivity contribution >= 4 is 21.8 Å². The van der Waals surface area contributed by atoms with E-state index in [9.17, 15) is 18.0 Å². The van der Waals surface area contributed by atoms with Crippen LogP contribution in [0.3, 0.4) is 0 Å². The third-order valence-electron chi connectivity index (χ3n) is 6.26. The van der Waals surface area contributed by atoms with Gasteiger partial charge in [-0.2, -0.15) is 4.31 Å². The van der Waals surface area contributed by atoms with Crippen LogP contribution in [-0.4, -0.2) is 93.8 Å². The number of nitrogens with one attached hydrogen (secondary N) is 1. The molecule has 0 bridgehead atoms. The van der Waals surface area contributed by atoms with E-state index in [-0.39, 0.29) is 36.3 Å². The van der Waals surface area contributed by atoms with Crippen LogP contribution in [0.4, 0.5) is 0 Å². The van der Waals surface area contributed by atoms with Crippen molar-refractivity contribution in [2.24, 2.45) is 0 Å². The SMILES string of the molecule is COc1ccc(CCN2CCN(C(=O)c3cccc(S(=O)(=O)N4CCNC(=O)C4)c3)CC2)cc1. The quantitative estimate of drug-likeness (QED) is 0.622. The van der Waals surface area contributed by atoms with Crippen LogP contribution in [0.5, 0.6) is 5.75 Å². The van der Waals surface area contributed by atoms with E-state index in [0.29, 0.717) is 18.7 Å². The maximum absolute atomic E-state index is 13.1. The zero-order chi connectivity index (χ0) is 24.1. The van der Waals surface area contributed by atoms with E-state index in [1.165, 1.54) is 17.7 Å². The second kappa shape index (κ2) is 10.5. The molecule has 0 spiro atoms. The van der Waals surface area contributed by atoms with Gasteiger partial charge in [-0.15, -0.1) is 0 Å². The van der Waals surface area contributed by atoms with Gasteiger partial charge >= 0.3 is 0 Å². The van der Waals surface area contributed by atoms with E-state index in [1.807, 2.05) is 12.1 Å². The second-order valence-electron chi connectivity index (χ2n) is 8.45. The average Bonchev–Trinajstić information content (AvgIpc) is 2.87. The number of nitrogens with zero attached hydrogens (tertiary/aromatic N) is 3. The Morgan fingerprint density at radius 1 is 1.03 bits per heavy atom. The average molecular weight is 487 g/mol. The maximum Gasteiger partial charge on any atom is 0.253 e. The summed E-state index contributed by atoms with van der Waals surface area (Å²) in [4.78, 5) is 28.8.